The molecule has 0 aromatic rings. The minimum absolute atomic E-state index is 0.0596. The summed E-state index contributed by atoms with van der Waals surface area (Å²) in [5, 5.41) is 11.7. The van der Waals surface area contributed by atoms with E-state index in [4.69, 9.17) is 10.00 Å². The highest BCUT2D eigenvalue weighted by Crippen LogP contribution is 2.11. The van der Waals surface area contributed by atoms with E-state index in [1.807, 2.05) is 7.05 Å². The van der Waals surface area contributed by atoms with E-state index in [9.17, 15) is 0 Å². The van der Waals surface area contributed by atoms with Crippen molar-refractivity contribution < 1.29 is 4.74 Å². The number of hydrogen-bond donors (Lipinski definition) is 1. The molecule has 1 rings (SSSR count). The third-order valence-corrected chi connectivity index (χ3v) is 2.51. The molecule has 1 aliphatic rings. The Labute approximate surface area is 79.5 Å². The Balaban J connectivity index is 2.27. The highest BCUT2D eigenvalue weighted by Gasteiger charge is 2.23. The summed E-state index contributed by atoms with van der Waals surface area (Å²) < 4.78 is 5.25. The van der Waals surface area contributed by atoms with Crippen molar-refractivity contribution in [3.63, 3.8) is 0 Å². The van der Waals surface area contributed by atoms with Gasteiger partial charge in [-0.1, -0.05) is 0 Å². The zero-order valence-corrected chi connectivity index (χ0v) is 8.29. The van der Waals surface area contributed by atoms with E-state index < -0.39 is 0 Å². The topological polar surface area (TPSA) is 48.3 Å². The van der Waals surface area contributed by atoms with E-state index in [1.54, 1.807) is 7.11 Å². The van der Waals surface area contributed by atoms with Crippen LogP contribution in [0.1, 0.15) is 6.42 Å². The predicted octanol–water partition coefficient (Wildman–Crippen LogP) is -0.181. The number of ether oxygens (including phenoxy) is 1. The summed E-state index contributed by atoms with van der Waals surface area (Å²) in [5.41, 5.74) is 0. The Hall–Kier alpha value is -0.630. The molecule has 1 aliphatic heterocycles. The van der Waals surface area contributed by atoms with Crippen LogP contribution in [0.4, 0.5) is 0 Å². The molecule has 13 heavy (non-hydrogen) atoms. The molecule has 0 amide bonds. The first-order chi connectivity index (χ1) is 6.30. The van der Waals surface area contributed by atoms with Gasteiger partial charge in [0.1, 0.15) is 6.04 Å². The van der Waals surface area contributed by atoms with Gasteiger partial charge in [0.15, 0.2) is 0 Å². The van der Waals surface area contributed by atoms with Gasteiger partial charge in [-0.25, -0.2) is 0 Å². The van der Waals surface area contributed by atoms with E-state index >= 15 is 0 Å². The summed E-state index contributed by atoms with van der Waals surface area (Å²) in [6.45, 7) is 2.79. The number of hydrogen-bond acceptors (Lipinski definition) is 4. The molecule has 1 fully saturated rings. The van der Waals surface area contributed by atoms with Gasteiger partial charge in [0.05, 0.1) is 12.2 Å². The average molecular weight is 183 g/mol. The molecule has 0 radical (unpaired) electrons. The van der Waals surface area contributed by atoms with Crippen LogP contribution >= 0.6 is 0 Å². The van der Waals surface area contributed by atoms with Gasteiger partial charge >= 0.3 is 0 Å². The molecule has 0 aromatic carbocycles. The van der Waals surface area contributed by atoms with E-state index in [-0.39, 0.29) is 6.04 Å². The predicted molar refractivity (Wildman–Crippen MR) is 50.3 cm³/mol. The minimum atomic E-state index is -0.0596. The van der Waals surface area contributed by atoms with Crippen LogP contribution in [0.3, 0.4) is 0 Å². The smallest absolute Gasteiger partial charge is 0.108 e. The Morgan fingerprint density at radius 3 is 3.00 bits per heavy atom. The Morgan fingerprint density at radius 1 is 1.77 bits per heavy atom. The van der Waals surface area contributed by atoms with Crippen molar-refractivity contribution in [1.82, 2.24) is 10.2 Å². The molecule has 1 heterocycles. The van der Waals surface area contributed by atoms with Crippen LogP contribution in [0.5, 0.6) is 0 Å². The molecule has 0 saturated carbocycles. The standard InChI is InChI=1S/C9H17N3O/c1-11-8(5-10)6-12-4-3-9(7-12)13-2/h8-9,11H,3-4,6-7H2,1-2H3. The van der Waals surface area contributed by atoms with E-state index in [0.717, 1.165) is 26.1 Å². The zero-order valence-electron chi connectivity index (χ0n) is 8.29. The first-order valence-corrected chi connectivity index (χ1v) is 4.62. The molecule has 1 saturated heterocycles. The largest absolute Gasteiger partial charge is 0.380 e. The molecule has 0 spiro atoms. The first-order valence-electron chi connectivity index (χ1n) is 4.62. The van der Waals surface area contributed by atoms with Crippen LogP contribution in [-0.4, -0.2) is 50.8 Å². The third-order valence-electron chi connectivity index (χ3n) is 2.51. The van der Waals surface area contributed by atoms with Crippen molar-refractivity contribution in [3.8, 4) is 6.07 Å². The lowest BCUT2D eigenvalue weighted by molar-refractivity contribution is 0.107. The van der Waals surface area contributed by atoms with E-state index in [0.29, 0.717) is 6.10 Å². The maximum atomic E-state index is 8.74. The van der Waals surface area contributed by atoms with Crippen LogP contribution in [0.25, 0.3) is 0 Å². The Kier molecular flexibility index (Phi) is 4.16. The Morgan fingerprint density at radius 2 is 2.54 bits per heavy atom. The lowest BCUT2D eigenvalue weighted by Gasteiger charge is -2.18. The molecule has 1 N–H and O–H groups in total. The molecule has 4 heteroatoms. The normalized spacial score (nSPS) is 25.8. The lowest BCUT2D eigenvalue weighted by Crippen LogP contribution is -2.37. The van der Waals surface area contributed by atoms with Crippen molar-refractivity contribution in [2.75, 3.05) is 33.8 Å². The first kappa shape index (κ1) is 10.5. The van der Waals surface area contributed by atoms with Crippen LogP contribution < -0.4 is 5.32 Å². The van der Waals surface area contributed by atoms with Crippen LogP contribution in [0, 0.1) is 11.3 Å². The number of nitriles is 1. The molecule has 2 atom stereocenters. The van der Waals surface area contributed by atoms with Gasteiger partial charge in [-0.3, -0.25) is 4.90 Å². The fraction of sp³-hybridized carbons (Fsp3) is 0.889. The molecule has 74 valence electrons. The monoisotopic (exact) mass is 183 g/mol. The fourth-order valence-electron chi connectivity index (χ4n) is 1.61. The van der Waals surface area contributed by atoms with Crippen molar-refractivity contribution in [3.05, 3.63) is 0 Å². The van der Waals surface area contributed by atoms with Crippen LogP contribution in [0.2, 0.25) is 0 Å². The maximum absolute atomic E-state index is 8.74. The van der Waals surface area contributed by atoms with Gasteiger partial charge in [-0.15, -0.1) is 0 Å². The lowest BCUT2D eigenvalue weighted by atomic mass is 10.3. The fourth-order valence-corrected chi connectivity index (χ4v) is 1.61. The zero-order chi connectivity index (χ0) is 9.68. The molecule has 4 nitrogen and oxygen atoms in total. The molecule has 0 aromatic heterocycles. The quantitative estimate of drug-likeness (QED) is 0.657. The number of nitrogens with zero attached hydrogens (tertiary/aromatic N) is 2. The van der Waals surface area contributed by atoms with Gasteiger partial charge in [0.25, 0.3) is 0 Å². The van der Waals surface area contributed by atoms with Gasteiger partial charge in [-0.05, 0) is 13.5 Å². The number of nitrogens with one attached hydrogen (secondary N) is 1. The molecular weight excluding hydrogens is 166 g/mol. The number of likely N-dealkylation sites (N-methyl/N-ethyl adjacent to an activating group) is 1. The second kappa shape index (κ2) is 5.18. The van der Waals surface area contributed by atoms with E-state index in [1.165, 1.54) is 0 Å². The summed E-state index contributed by atoms with van der Waals surface area (Å²) in [6.07, 6.45) is 1.44. The molecule has 0 bridgehead atoms. The highest BCUT2D eigenvalue weighted by molar-refractivity contribution is 4.92. The van der Waals surface area contributed by atoms with Gasteiger partial charge < -0.3 is 10.1 Å². The maximum Gasteiger partial charge on any atom is 0.108 e. The van der Waals surface area contributed by atoms with Gasteiger partial charge in [0, 0.05) is 26.7 Å². The van der Waals surface area contributed by atoms with Crippen LogP contribution in [0.15, 0.2) is 0 Å². The number of methoxy groups -OCH3 is 1. The summed E-state index contributed by atoms with van der Waals surface area (Å²) in [4.78, 5) is 2.26. The molecule has 2 unspecified atom stereocenters. The summed E-state index contributed by atoms with van der Waals surface area (Å²) in [7, 11) is 3.56. The highest BCUT2D eigenvalue weighted by atomic mass is 16.5. The Bertz CT molecular complexity index is 190. The van der Waals surface area contributed by atoms with Crippen molar-refractivity contribution >= 4 is 0 Å². The second-order valence-electron chi connectivity index (χ2n) is 3.38. The SMILES string of the molecule is CNC(C#N)CN1CCC(OC)C1. The summed E-state index contributed by atoms with van der Waals surface area (Å²) in [5.74, 6) is 0. The summed E-state index contributed by atoms with van der Waals surface area (Å²) in [6, 6.07) is 2.16. The number of rotatable bonds is 4. The van der Waals surface area contributed by atoms with Gasteiger partial charge in [-0.2, -0.15) is 5.26 Å². The minimum Gasteiger partial charge on any atom is -0.380 e. The number of likely N-dealkylation sites (tertiary alicyclic amines) is 1. The molecule has 0 aliphatic carbocycles. The third kappa shape index (κ3) is 2.96. The van der Waals surface area contributed by atoms with Crippen LogP contribution in [-0.2, 0) is 4.74 Å². The second-order valence-corrected chi connectivity index (χ2v) is 3.38. The molecular formula is C9H17N3O. The van der Waals surface area contributed by atoms with E-state index in [2.05, 4.69) is 16.3 Å². The van der Waals surface area contributed by atoms with Crippen molar-refractivity contribution in [1.29, 1.82) is 5.26 Å². The van der Waals surface area contributed by atoms with Crippen molar-refractivity contribution in [2.45, 2.75) is 18.6 Å². The summed E-state index contributed by atoms with van der Waals surface area (Å²) >= 11 is 0. The van der Waals surface area contributed by atoms with Gasteiger partial charge in [0.2, 0.25) is 0 Å². The average Bonchev–Trinajstić information content (AvgIpc) is 2.61. The van der Waals surface area contributed by atoms with Crippen molar-refractivity contribution in [2.24, 2.45) is 0 Å².